The number of rotatable bonds is 5. The SMILES string of the molecule is CC(C)(C)C(NC(=O)O)c1cc(Oc2cncc(Br)c2)ccc1[N+](=O)[O-]. The third-order valence-corrected chi connectivity index (χ3v) is 3.99. The Kier molecular flexibility index (Phi) is 5.81. The van der Waals surface area contributed by atoms with Crippen molar-refractivity contribution in [3.8, 4) is 11.5 Å². The predicted octanol–water partition coefficient (Wildman–Crippen LogP) is 4.90. The lowest BCUT2D eigenvalue weighted by Crippen LogP contribution is -2.36. The van der Waals surface area contributed by atoms with Crippen LogP contribution in [0.3, 0.4) is 0 Å². The summed E-state index contributed by atoms with van der Waals surface area (Å²) in [6.45, 7) is 5.38. The number of nitro benzene ring substituents is 1. The number of nitrogens with zero attached hydrogens (tertiary/aromatic N) is 2. The molecular weight excluding hydrogens is 406 g/mol. The number of halogens is 1. The summed E-state index contributed by atoms with van der Waals surface area (Å²) in [5, 5.41) is 22.9. The molecule has 0 fully saturated rings. The average Bonchev–Trinajstić information content (AvgIpc) is 2.51. The highest BCUT2D eigenvalue weighted by atomic mass is 79.9. The van der Waals surface area contributed by atoms with Crippen LogP contribution in [0, 0.1) is 15.5 Å². The van der Waals surface area contributed by atoms with Gasteiger partial charge in [-0.25, -0.2) is 4.79 Å². The number of aromatic nitrogens is 1. The molecular formula is C17H18BrN3O5. The van der Waals surface area contributed by atoms with E-state index in [0.29, 0.717) is 11.5 Å². The number of nitro groups is 1. The highest BCUT2D eigenvalue weighted by Crippen LogP contribution is 2.39. The van der Waals surface area contributed by atoms with Crippen molar-refractivity contribution in [2.24, 2.45) is 5.41 Å². The molecule has 1 amide bonds. The first-order valence-corrected chi connectivity index (χ1v) is 8.43. The highest BCUT2D eigenvalue weighted by molar-refractivity contribution is 9.10. The van der Waals surface area contributed by atoms with Crippen LogP contribution in [-0.2, 0) is 0 Å². The molecule has 1 unspecified atom stereocenters. The number of hydrogen-bond donors (Lipinski definition) is 2. The maximum atomic E-state index is 11.4. The topological polar surface area (TPSA) is 115 Å². The summed E-state index contributed by atoms with van der Waals surface area (Å²) >= 11 is 3.29. The van der Waals surface area contributed by atoms with Gasteiger partial charge in [0.1, 0.15) is 11.5 Å². The summed E-state index contributed by atoms with van der Waals surface area (Å²) in [5.41, 5.74) is -0.553. The van der Waals surface area contributed by atoms with Gasteiger partial charge in [-0.2, -0.15) is 0 Å². The highest BCUT2D eigenvalue weighted by Gasteiger charge is 2.33. The van der Waals surface area contributed by atoms with E-state index < -0.39 is 22.5 Å². The molecule has 0 aliphatic heterocycles. The van der Waals surface area contributed by atoms with E-state index in [0.717, 1.165) is 4.47 Å². The van der Waals surface area contributed by atoms with E-state index >= 15 is 0 Å². The molecule has 1 atom stereocenters. The molecule has 9 heteroatoms. The van der Waals surface area contributed by atoms with Gasteiger partial charge in [0, 0.05) is 16.7 Å². The Hall–Kier alpha value is -2.68. The number of pyridine rings is 1. The monoisotopic (exact) mass is 423 g/mol. The first-order chi connectivity index (χ1) is 12.1. The predicted molar refractivity (Wildman–Crippen MR) is 98.5 cm³/mol. The van der Waals surface area contributed by atoms with E-state index in [1.807, 2.05) is 0 Å². The van der Waals surface area contributed by atoms with Crippen LogP contribution in [0.5, 0.6) is 11.5 Å². The minimum absolute atomic E-state index is 0.182. The first kappa shape index (κ1) is 19.6. The molecule has 0 aliphatic carbocycles. The molecule has 1 aromatic heterocycles. The van der Waals surface area contributed by atoms with E-state index in [9.17, 15) is 14.9 Å². The minimum atomic E-state index is -1.26. The number of nitrogens with one attached hydrogen (secondary N) is 1. The Morgan fingerprint density at radius 1 is 1.31 bits per heavy atom. The standard InChI is InChI=1S/C17H18BrN3O5/c1-17(2,3)15(20-16(22)23)13-7-11(4-5-14(13)21(24)25)26-12-6-10(18)8-19-9-12/h4-9,15,20H,1-3H3,(H,22,23). The number of carbonyl (C=O) groups is 1. The summed E-state index contributed by atoms with van der Waals surface area (Å²) < 4.78 is 6.43. The largest absolute Gasteiger partial charge is 0.465 e. The average molecular weight is 424 g/mol. The lowest BCUT2D eigenvalue weighted by atomic mass is 9.81. The van der Waals surface area contributed by atoms with Crippen molar-refractivity contribution in [2.45, 2.75) is 26.8 Å². The Morgan fingerprint density at radius 2 is 2.00 bits per heavy atom. The summed E-state index contributed by atoms with van der Waals surface area (Å²) in [6.07, 6.45) is 1.84. The molecule has 2 aromatic rings. The summed E-state index contributed by atoms with van der Waals surface area (Å²) in [6, 6.07) is 5.14. The third-order valence-electron chi connectivity index (χ3n) is 3.56. The van der Waals surface area contributed by atoms with Gasteiger partial charge in [0.2, 0.25) is 0 Å². The molecule has 0 aliphatic rings. The van der Waals surface area contributed by atoms with Crippen LogP contribution in [0.4, 0.5) is 10.5 Å². The normalized spacial score (nSPS) is 12.3. The Balaban J connectivity index is 2.50. The molecule has 0 bridgehead atoms. The lowest BCUT2D eigenvalue weighted by Gasteiger charge is -2.30. The molecule has 8 nitrogen and oxygen atoms in total. The van der Waals surface area contributed by atoms with Crippen molar-refractivity contribution in [3.63, 3.8) is 0 Å². The minimum Gasteiger partial charge on any atom is -0.465 e. The van der Waals surface area contributed by atoms with Gasteiger partial charge in [-0.15, -0.1) is 0 Å². The second-order valence-corrected chi connectivity index (χ2v) is 7.58. The van der Waals surface area contributed by atoms with Crippen LogP contribution in [-0.4, -0.2) is 21.1 Å². The van der Waals surface area contributed by atoms with Gasteiger partial charge in [-0.05, 0) is 39.5 Å². The van der Waals surface area contributed by atoms with Crippen molar-refractivity contribution in [1.82, 2.24) is 10.3 Å². The van der Waals surface area contributed by atoms with Crippen LogP contribution in [0.1, 0.15) is 32.4 Å². The van der Waals surface area contributed by atoms with Gasteiger partial charge in [0.25, 0.3) is 5.69 Å². The zero-order valence-corrected chi connectivity index (χ0v) is 16.0. The van der Waals surface area contributed by atoms with E-state index in [4.69, 9.17) is 9.84 Å². The number of carboxylic acid groups (broad SMARTS) is 1. The number of amides is 1. The van der Waals surface area contributed by atoms with Crippen LogP contribution in [0.25, 0.3) is 0 Å². The van der Waals surface area contributed by atoms with Gasteiger partial charge in [0.05, 0.1) is 22.7 Å². The molecule has 0 saturated carbocycles. The first-order valence-electron chi connectivity index (χ1n) is 7.64. The van der Waals surface area contributed by atoms with Crippen LogP contribution < -0.4 is 10.1 Å². The fourth-order valence-electron chi connectivity index (χ4n) is 2.46. The Bertz CT molecular complexity index is 835. The maximum Gasteiger partial charge on any atom is 0.405 e. The maximum absolute atomic E-state index is 11.4. The number of ether oxygens (including phenoxy) is 1. The zero-order valence-electron chi connectivity index (χ0n) is 14.4. The van der Waals surface area contributed by atoms with Crippen molar-refractivity contribution in [3.05, 3.63) is 56.8 Å². The van der Waals surface area contributed by atoms with Crippen LogP contribution in [0.15, 0.2) is 41.1 Å². The van der Waals surface area contributed by atoms with Gasteiger partial charge in [-0.1, -0.05) is 20.8 Å². The van der Waals surface area contributed by atoms with Crippen molar-refractivity contribution < 1.29 is 19.6 Å². The molecule has 0 saturated heterocycles. The van der Waals surface area contributed by atoms with Gasteiger partial charge in [-0.3, -0.25) is 15.1 Å². The summed E-state index contributed by atoms with van der Waals surface area (Å²) in [4.78, 5) is 26.1. The lowest BCUT2D eigenvalue weighted by molar-refractivity contribution is -0.386. The van der Waals surface area contributed by atoms with E-state index in [-0.39, 0.29) is 11.3 Å². The van der Waals surface area contributed by atoms with Gasteiger partial charge < -0.3 is 15.2 Å². The fourth-order valence-corrected chi connectivity index (χ4v) is 2.81. The fraction of sp³-hybridized carbons (Fsp3) is 0.294. The molecule has 26 heavy (non-hydrogen) atoms. The van der Waals surface area contributed by atoms with Crippen LogP contribution >= 0.6 is 15.9 Å². The summed E-state index contributed by atoms with van der Waals surface area (Å²) in [7, 11) is 0. The van der Waals surface area contributed by atoms with E-state index in [1.54, 1.807) is 33.0 Å². The second kappa shape index (κ2) is 7.69. The molecule has 0 spiro atoms. The smallest absolute Gasteiger partial charge is 0.405 e. The van der Waals surface area contributed by atoms with E-state index in [2.05, 4.69) is 26.2 Å². The Labute approximate surface area is 158 Å². The quantitative estimate of drug-likeness (QED) is 0.521. The van der Waals surface area contributed by atoms with Gasteiger partial charge in [0.15, 0.2) is 0 Å². The molecule has 2 rings (SSSR count). The van der Waals surface area contributed by atoms with Crippen LogP contribution in [0.2, 0.25) is 0 Å². The molecule has 1 aromatic carbocycles. The van der Waals surface area contributed by atoms with Crippen molar-refractivity contribution in [2.75, 3.05) is 0 Å². The van der Waals surface area contributed by atoms with Crippen molar-refractivity contribution in [1.29, 1.82) is 0 Å². The zero-order chi connectivity index (χ0) is 19.5. The third kappa shape index (κ3) is 4.92. The van der Waals surface area contributed by atoms with Gasteiger partial charge >= 0.3 is 6.09 Å². The second-order valence-electron chi connectivity index (χ2n) is 6.67. The Morgan fingerprint density at radius 3 is 2.54 bits per heavy atom. The van der Waals surface area contributed by atoms with E-state index in [1.165, 1.54) is 24.4 Å². The number of hydrogen-bond acceptors (Lipinski definition) is 5. The van der Waals surface area contributed by atoms with Crippen molar-refractivity contribution >= 4 is 27.7 Å². The molecule has 2 N–H and O–H groups in total. The molecule has 0 radical (unpaired) electrons. The summed E-state index contributed by atoms with van der Waals surface area (Å²) in [5.74, 6) is 0.782. The molecule has 138 valence electrons. The molecule has 1 heterocycles. The number of benzene rings is 1.